The largest absolute Gasteiger partial charge is 0.385 e. The van der Waals surface area contributed by atoms with Crippen molar-refractivity contribution in [3.05, 3.63) is 29.3 Å². The Balaban J connectivity index is 2.72. The van der Waals surface area contributed by atoms with Crippen molar-refractivity contribution in [2.24, 2.45) is 37.9 Å². The molecule has 1 rings (SSSR count). The number of nitrogens with one attached hydrogen (secondary N) is 3. The smallest absolute Gasteiger partial charge is 0.212 e. The van der Waals surface area contributed by atoms with Gasteiger partial charge in [0.1, 0.15) is 0 Å². The zero-order valence-corrected chi connectivity index (χ0v) is 17.8. The highest BCUT2D eigenvalue weighted by Crippen LogP contribution is 2.18. The molecule has 0 radical (unpaired) electrons. The molecule has 0 aliphatic heterocycles. The zero-order chi connectivity index (χ0) is 22.5. The van der Waals surface area contributed by atoms with Crippen LogP contribution in [0.4, 0.5) is 5.69 Å². The van der Waals surface area contributed by atoms with Gasteiger partial charge in [0.15, 0.2) is 5.96 Å². The van der Waals surface area contributed by atoms with Crippen LogP contribution in [0, 0.1) is 10.8 Å². The van der Waals surface area contributed by atoms with Crippen molar-refractivity contribution in [3.63, 3.8) is 0 Å². The van der Waals surface area contributed by atoms with Crippen molar-refractivity contribution in [2.45, 2.75) is 46.0 Å². The number of aliphatic imine (C=N–C) groups is 3. The highest BCUT2D eigenvalue weighted by Gasteiger charge is 2.07. The predicted octanol–water partition coefficient (Wildman–Crippen LogP) is 1.73. The first-order valence-electron chi connectivity index (χ1n) is 9.92. The fourth-order valence-electron chi connectivity index (χ4n) is 2.85. The van der Waals surface area contributed by atoms with Crippen LogP contribution in [0.15, 0.2) is 33.2 Å². The summed E-state index contributed by atoms with van der Waals surface area (Å²) < 4.78 is 0. The van der Waals surface area contributed by atoms with Crippen molar-refractivity contribution in [3.8, 4) is 0 Å². The fourth-order valence-corrected chi connectivity index (χ4v) is 2.85. The number of hydrogen-bond donors (Lipinski definition) is 7. The molecule has 1 aromatic rings. The number of nitrogens with zero attached hydrogens (tertiary/aromatic N) is 3. The lowest BCUT2D eigenvalue weighted by atomic mass is 10.0. The van der Waals surface area contributed by atoms with Crippen molar-refractivity contribution < 1.29 is 0 Å². The van der Waals surface area contributed by atoms with Gasteiger partial charge in [0.25, 0.3) is 0 Å². The molecule has 1 aromatic carbocycles. The van der Waals surface area contributed by atoms with Gasteiger partial charge < -0.3 is 28.3 Å². The van der Waals surface area contributed by atoms with Gasteiger partial charge in [-0.1, -0.05) is 19.3 Å². The van der Waals surface area contributed by atoms with Crippen LogP contribution in [-0.2, 0) is 0 Å². The Morgan fingerprint density at radius 1 is 0.800 bits per heavy atom. The Bertz CT molecular complexity index is 771. The molecule has 0 heterocycles. The first-order valence-corrected chi connectivity index (χ1v) is 9.92. The summed E-state index contributed by atoms with van der Waals surface area (Å²) in [5, 5.41) is 18.2. The van der Waals surface area contributed by atoms with E-state index in [0.29, 0.717) is 18.0 Å². The Kier molecular flexibility index (Phi) is 10.6. The molecule has 0 unspecified atom stereocenters. The molecule has 30 heavy (non-hydrogen) atoms. The third-order valence-electron chi connectivity index (χ3n) is 4.30. The van der Waals surface area contributed by atoms with Crippen molar-refractivity contribution >= 4 is 35.0 Å². The minimum absolute atomic E-state index is 0.146. The summed E-state index contributed by atoms with van der Waals surface area (Å²) in [6, 6.07) is 5.81. The maximum atomic E-state index is 7.38. The second-order valence-electron chi connectivity index (χ2n) is 6.97. The number of benzene rings is 1. The molecule has 11 N–H and O–H groups in total. The summed E-state index contributed by atoms with van der Waals surface area (Å²) in [6.45, 7) is 5.09. The van der Waals surface area contributed by atoms with E-state index in [9.17, 15) is 0 Å². The topological polar surface area (TPSA) is 201 Å². The molecule has 0 aliphatic carbocycles. The number of nitrogens with two attached hydrogens (primary N) is 4. The number of rotatable bonds is 11. The van der Waals surface area contributed by atoms with E-state index < -0.39 is 0 Å². The van der Waals surface area contributed by atoms with E-state index in [1.165, 1.54) is 0 Å². The second-order valence-corrected chi connectivity index (χ2v) is 6.97. The van der Waals surface area contributed by atoms with Crippen LogP contribution in [0.1, 0.15) is 57.1 Å². The van der Waals surface area contributed by atoms with E-state index >= 15 is 0 Å². The molecule has 10 heteroatoms. The monoisotopic (exact) mass is 414 g/mol. The van der Waals surface area contributed by atoms with E-state index in [1.54, 1.807) is 13.8 Å². The Morgan fingerprint density at radius 2 is 1.30 bits per heavy atom. The third-order valence-corrected chi connectivity index (χ3v) is 4.30. The maximum Gasteiger partial charge on any atom is 0.212 e. The third kappa shape index (κ3) is 10.2. The summed E-state index contributed by atoms with van der Waals surface area (Å²) in [7, 11) is 0. The van der Waals surface area contributed by atoms with Gasteiger partial charge in [-0.2, -0.15) is 0 Å². The maximum absolute atomic E-state index is 7.38. The molecular formula is C20H34N10. The average Bonchev–Trinajstić information content (AvgIpc) is 2.65. The van der Waals surface area contributed by atoms with Gasteiger partial charge in [0.2, 0.25) is 11.9 Å². The molecule has 0 fully saturated rings. The molecule has 0 aromatic heterocycles. The highest BCUT2D eigenvalue weighted by molar-refractivity contribution is 6.09. The summed E-state index contributed by atoms with van der Waals surface area (Å²) in [5.74, 6) is -0.351. The Morgan fingerprint density at radius 3 is 1.80 bits per heavy atom. The number of anilines is 1. The minimum Gasteiger partial charge on any atom is -0.385 e. The van der Waals surface area contributed by atoms with Crippen LogP contribution in [0.5, 0.6) is 0 Å². The lowest BCUT2D eigenvalue weighted by Crippen LogP contribution is -2.22. The molecule has 0 saturated heterocycles. The normalized spacial score (nSPS) is 11.8. The van der Waals surface area contributed by atoms with E-state index in [0.717, 1.165) is 55.5 Å². The van der Waals surface area contributed by atoms with Crippen LogP contribution in [-0.4, -0.2) is 42.4 Å². The van der Waals surface area contributed by atoms with E-state index in [2.05, 4.69) is 20.3 Å². The van der Waals surface area contributed by atoms with Gasteiger partial charge in [-0.05, 0) is 56.0 Å². The molecule has 0 amide bonds. The van der Waals surface area contributed by atoms with E-state index in [4.69, 9.17) is 33.8 Å². The van der Waals surface area contributed by atoms with Crippen LogP contribution < -0.4 is 28.3 Å². The second kappa shape index (κ2) is 12.9. The van der Waals surface area contributed by atoms with E-state index in [1.807, 2.05) is 18.2 Å². The van der Waals surface area contributed by atoms with Crippen molar-refractivity contribution in [2.75, 3.05) is 18.4 Å². The van der Waals surface area contributed by atoms with Gasteiger partial charge in [0.05, 0.1) is 0 Å². The lowest BCUT2D eigenvalue weighted by molar-refractivity contribution is 0.629. The quantitative estimate of drug-likeness (QED) is 0.164. The van der Waals surface area contributed by atoms with E-state index in [-0.39, 0.29) is 17.9 Å². The van der Waals surface area contributed by atoms with Crippen molar-refractivity contribution in [1.29, 1.82) is 10.8 Å². The standard InChI is InChI=1S/C20H34N10/c1-13(29-19(23)24)15-10-16(14(2)30-20(25)26)12-17(11-15)27-8-6-4-3-5-7-9-28-18(21)22/h10-12,27H,3-9H2,1-2H3,(H3,23,24)(H3,25,26)(H4,21,22,28)/b29-13+,30-14+. The summed E-state index contributed by atoms with van der Waals surface area (Å²) >= 11 is 0. The Labute approximate surface area is 178 Å². The predicted molar refractivity (Wildman–Crippen MR) is 127 cm³/mol. The number of unbranched alkanes of at least 4 members (excludes halogenated alkanes) is 4. The summed E-state index contributed by atoms with van der Waals surface area (Å²) in [6.07, 6.45) is 5.35. The molecular weight excluding hydrogens is 380 g/mol. The molecule has 10 nitrogen and oxygen atoms in total. The van der Waals surface area contributed by atoms with Gasteiger partial charge >= 0.3 is 0 Å². The number of hydrogen-bond acceptors (Lipinski definition) is 4. The number of guanidine groups is 3. The first-order chi connectivity index (χ1) is 14.2. The first kappa shape index (κ1) is 24.6. The molecule has 0 saturated carbocycles. The van der Waals surface area contributed by atoms with Crippen LogP contribution in [0.25, 0.3) is 0 Å². The molecule has 0 spiro atoms. The van der Waals surface area contributed by atoms with Gasteiger partial charge in [-0.25, -0.2) is 9.98 Å². The van der Waals surface area contributed by atoms with Gasteiger partial charge in [-0.3, -0.25) is 15.8 Å². The average molecular weight is 415 g/mol. The SMILES string of the molecule is C/C(=N\C(=N)N)c1cc(NCCCCCCCN=C(N)N)cc(/C(C)=N/C(=N)N)c1. The summed E-state index contributed by atoms with van der Waals surface area (Å²) in [4.78, 5) is 12.0. The lowest BCUT2D eigenvalue weighted by Gasteiger charge is -2.12. The zero-order valence-electron chi connectivity index (χ0n) is 17.8. The molecule has 0 bridgehead atoms. The van der Waals surface area contributed by atoms with Crippen LogP contribution in [0.3, 0.4) is 0 Å². The van der Waals surface area contributed by atoms with Crippen molar-refractivity contribution in [1.82, 2.24) is 0 Å². The summed E-state index contributed by atoms with van der Waals surface area (Å²) in [5.41, 5.74) is 25.2. The van der Waals surface area contributed by atoms with Gasteiger partial charge in [0, 0.05) is 30.2 Å². The van der Waals surface area contributed by atoms with Crippen LogP contribution >= 0.6 is 0 Å². The highest BCUT2D eigenvalue weighted by atomic mass is 15.0. The molecule has 164 valence electrons. The molecule has 0 atom stereocenters. The fraction of sp³-hybridized carbons (Fsp3) is 0.450. The van der Waals surface area contributed by atoms with Gasteiger partial charge in [-0.15, -0.1) is 0 Å². The molecule has 0 aliphatic rings. The minimum atomic E-state index is -0.249. The van der Waals surface area contributed by atoms with Crippen LogP contribution in [0.2, 0.25) is 0 Å². The Hall–Kier alpha value is -3.43.